The predicted octanol–water partition coefficient (Wildman–Crippen LogP) is 1.21. The lowest BCUT2D eigenvalue weighted by molar-refractivity contribution is 0.415. The van der Waals surface area contributed by atoms with E-state index in [0.29, 0.717) is 5.82 Å². The topological polar surface area (TPSA) is 79.0 Å². The van der Waals surface area contributed by atoms with E-state index in [4.69, 9.17) is 4.74 Å². The van der Waals surface area contributed by atoms with Gasteiger partial charge in [-0.15, -0.1) is 0 Å². The van der Waals surface area contributed by atoms with E-state index in [2.05, 4.69) is 20.6 Å². The highest BCUT2D eigenvalue weighted by Gasteiger charge is 2.15. The minimum absolute atomic E-state index is 0.318. The smallest absolute Gasteiger partial charge is 0.347 e. The summed E-state index contributed by atoms with van der Waals surface area (Å²) in [7, 11) is 1.63. The molecule has 0 saturated heterocycles. The van der Waals surface area contributed by atoms with Crippen LogP contribution in [0.15, 0.2) is 29.1 Å². The molecule has 0 saturated carbocycles. The summed E-state index contributed by atoms with van der Waals surface area (Å²) < 4.78 is 5.21. The van der Waals surface area contributed by atoms with Gasteiger partial charge in [0.2, 0.25) is 0 Å². The molecule has 0 fully saturated rings. The number of methoxy groups -OCH3 is 1. The molecule has 0 atom stereocenters. The van der Waals surface area contributed by atoms with Crippen molar-refractivity contribution in [3.8, 4) is 5.75 Å². The number of rotatable bonds is 3. The molecule has 3 N–H and O–H groups in total. The number of H-pyrrole nitrogens is 1. The Labute approximate surface area is 122 Å². The van der Waals surface area contributed by atoms with Crippen molar-refractivity contribution in [2.24, 2.45) is 0 Å². The van der Waals surface area contributed by atoms with Gasteiger partial charge in [0, 0.05) is 36.0 Å². The van der Waals surface area contributed by atoms with Gasteiger partial charge >= 0.3 is 5.69 Å². The Morgan fingerprint density at radius 3 is 3.00 bits per heavy atom. The highest BCUT2D eigenvalue weighted by atomic mass is 16.5. The monoisotopic (exact) mass is 286 g/mol. The average Bonchev–Trinajstić information content (AvgIpc) is 2.73. The summed E-state index contributed by atoms with van der Waals surface area (Å²) >= 11 is 0. The highest BCUT2D eigenvalue weighted by Crippen LogP contribution is 2.23. The first kappa shape index (κ1) is 13.6. The van der Waals surface area contributed by atoms with Gasteiger partial charge in [0.25, 0.3) is 0 Å². The fourth-order valence-corrected chi connectivity index (χ4v) is 2.52. The van der Waals surface area contributed by atoms with Crippen molar-refractivity contribution in [3.63, 3.8) is 0 Å². The van der Waals surface area contributed by atoms with Crippen LogP contribution in [0.3, 0.4) is 0 Å². The zero-order valence-corrected chi connectivity index (χ0v) is 11.9. The number of hydrogen-bond acceptors (Lipinski definition) is 5. The zero-order chi connectivity index (χ0) is 14.7. The molecule has 3 rings (SSSR count). The minimum atomic E-state index is -0.318. The van der Waals surface area contributed by atoms with Gasteiger partial charge in [-0.2, -0.15) is 4.98 Å². The Bertz CT molecular complexity index is 696. The summed E-state index contributed by atoms with van der Waals surface area (Å²) in [6, 6.07) is 7.58. The van der Waals surface area contributed by atoms with Crippen LogP contribution in [0.25, 0.3) is 0 Å². The molecule has 0 bridgehead atoms. The average molecular weight is 286 g/mol. The Kier molecular flexibility index (Phi) is 3.87. The Morgan fingerprint density at radius 1 is 1.29 bits per heavy atom. The third-order valence-corrected chi connectivity index (χ3v) is 3.56. The summed E-state index contributed by atoms with van der Waals surface area (Å²) in [4.78, 5) is 18.7. The van der Waals surface area contributed by atoms with E-state index in [9.17, 15) is 4.79 Å². The van der Waals surface area contributed by atoms with E-state index in [1.165, 1.54) is 0 Å². The molecular weight excluding hydrogens is 268 g/mol. The van der Waals surface area contributed by atoms with Crippen molar-refractivity contribution in [2.45, 2.75) is 12.8 Å². The number of aromatic nitrogens is 2. The van der Waals surface area contributed by atoms with Crippen LogP contribution in [0.4, 0.5) is 11.5 Å². The number of benzene rings is 1. The molecule has 6 nitrogen and oxygen atoms in total. The van der Waals surface area contributed by atoms with Gasteiger partial charge in [0.1, 0.15) is 11.6 Å². The molecule has 6 heteroatoms. The number of hydrogen-bond donors (Lipinski definition) is 3. The number of fused-ring (bicyclic) bond motifs is 1. The van der Waals surface area contributed by atoms with Crippen LogP contribution in [0.1, 0.15) is 11.3 Å². The second-order valence-corrected chi connectivity index (χ2v) is 4.95. The predicted molar refractivity (Wildman–Crippen MR) is 81.4 cm³/mol. The molecule has 1 aliphatic rings. The number of ether oxygens (including phenoxy) is 1. The first-order chi connectivity index (χ1) is 10.3. The first-order valence-electron chi connectivity index (χ1n) is 7.00. The van der Waals surface area contributed by atoms with Crippen molar-refractivity contribution in [1.29, 1.82) is 0 Å². The molecule has 110 valence electrons. The second-order valence-electron chi connectivity index (χ2n) is 4.95. The van der Waals surface area contributed by atoms with Crippen LogP contribution in [-0.2, 0) is 12.8 Å². The molecule has 1 aromatic carbocycles. The second kappa shape index (κ2) is 5.97. The van der Waals surface area contributed by atoms with E-state index < -0.39 is 0 Å². The van der Waals surface area contributed by atoms with Gasteiger partial charge in [-0.1, -0.05) is 6.07 Å². The molecule has 2 heterocycles. The van der Waals surface area contributed by atoms with Crippen LogP contribution >= 0.6 is 0 Å². The van der Waals surface area contributed by atoms with Crippen molar-refractivity contribution < 1.29 is 4.74 Å². The third kappa shape index (κ3) is 3.05. The molecule has 0 aliphatic carbocycles. The maximum absolute atomic E-state index is 11.7. The van der Waals surface area contributed by atoms with Crippen molar-refractivity contribution in [3.05, 3.63) is 46.0 Å². The number of aromatic amines is 1. The van der Waals surface area contributed by atoms with Gasteiger partial charge in [-0.25, -0.2) is 4.79 Å². The molecule has 0 unspecified atom stereocenters. The van der Waals surface area contributed by atoms with Gasteiger partial charge in [-0.3, -0.25) is 0 Å². The molecule has 2 aromatic rings. The molecule has 1 aromatic heterocycles. The maximum Gasteiger partial charge on any atom is 0.347 e. The molecule has 0 spiro atoms. The van der Waals surface area contributed by atoms with E-state index in [1.807, 2.05) is 24.3 Å². The van der Waals surface area contributed by atoms with Gasteiger partial charge < -0.3 is 20.4 Å². The van der Waals surface area contributed by atoms with Crippen molar-refractivity contribution in [2.75, 3.05) is 25.5 Å². The molecule has 0 amide bonds. The van der Waals surface area contributed by atoms with E-state index in [-0.39, 0.29) is 5.69 Å². The summed E-state index contributed by atoms with van der Waals surface area (Å²) in [5, 5.41) is 6.56. The number of nitrogens with zero attached hydrogens (tertiary/aromatic N) is 1. The van der Waals surface area contributed by atoms with Gasteiger partial charge in [0.15, 0.2) is 0 Å². The lowest BCUT2D eigenvalue weighted by atomic mass is 10.1. The van der Waals surface area contributed by atoms with Crippen LogP contribution in [-0.4, -0.2) is 30.2 Å². The molecule has 21 heavy (non-hydrogen) atoms. The fourth-order valence-electron chi connectivity index (χ4n) is 2.52. The summed E-state index contributed by atoms with van der Waals surface area (Å²) in [6.07, 6.45) is 1.64. The Hall–Kier alpha value is -2.34. The standard InChI is InChI=1S/C15H18N4O2/c1-21-11-4-2-3-10(9-11)17-14-12-5-7-16-8-6-13(12)18-15(20)19-14/h2-4,9,16H,5-8H2,1H3,(H2,17,18,19,20). The van der Waals surface area contributed by atoms with E-state index in [0.717, 1.165) is 48.6 Å². The van der Waals surface area contributed by atoms with Gasteiger partial charge in [0.05, 0.1) is 7.11 Å². The largest absolute Gasteiger partial charge is 0.497 e. The molecule has 0 radical (unpaired) electrons. The SMILES string of the molecule is COc1cccc(Nc2nc(=O)[nH]c3c2CCNCC3)c1. The highest BCUT2D eigenvalue weighted by molar-refractivity contribution is 5.61. The first-order valence-corrected chi connectivity index (χ1v) is 7.00. The van der Waals surface area contributed by atoms with Crippen LogP contribution in [0.2, 0.25) is 0 Å². The zero-order valence-electron chi connectivity index (χ0n) is 11.9. The quantitative estimate of drug-likeness (QED) is 0.790. The summed E-state index contributed by atoms with van der Waals surface area (Å²) in [6.45, 7) is 1.75. The summed E-state index contributed by atoms with van der Waals surface area (Å²) in [5.41, 5.74) is 2.57. The number of nitrogens with one attached hydrogen (secondary N) is 3. The lowest BCUT2D eigenvalue weighted by Gasteiger charge is -2.13. The van der Waals surface area contributed by atoms with Gasteiger partial charge in [-0.05, 0) is 25.1 Å². The van der Waals surface area contributed by atoms with Crippen LogP contribution in [0.5, 0.6) is 5.75 Å². The minimum Gasteiger partial charge on any atom is -0.497 e. The summed E-state index contributed by atoms with van der Waals surface area (Å²) in [5.74, 6) is 1.39. The molecule has 1 aliphatic heterocycles. The molecular formula is C15H18N4O2. The van der Waals surface area contributed by atoms with Crippen molar-refractivity contribution in [1.82, 2.24) is 15.3 Å². The lowest BCUT2D eigenvalue weighted by Crippen LogP contribution is -2.18. The van der Waals surface area contributed by atoms with E-state index in [1.54, 1.807) is 7.11 Å². The Balaban J connectivity index is 1.97. The Morgan fingerprint density at radius 2 is 2.14 bits per heavy atom. The van der Waals surface area contributed by atoms with Crippen molar-refractivity contribution >= 4 is 11.5 Å². The number of anilines is 2. The normalized spacial score (nSPS) is 14.1. The van der Waals surface area contributed by atoms with Crippen LogP contribution < -0.4 is 21.1 Å². The van der Waals surface area contributed by atoms with Crippen LogP contribution in [0, 0.1) is 0 Å². The maximum atomic E-state index is 11.7. The van der Waals surface area contributed by atoms with E-state index >= 15 is 0 Å². The fraction of sp³-hybridized carbons (Fsp3) is 0.333. The third-order valence-electron chi connectivity index (χ3n) is 3.56.